The fraction of sp³-hybridized carbons (Fsp3) is 0.435. The average molecular weight is 375 g/mol. The highest BCUT2D eigenvalue weighted by Gasteiger charge is 2.57. The van der Waals surface area contributed by atoms with Crippen molar-refractivity contribution in [2.45, 2.75) is 45.4 Å². The van der Waals surface area contributed by atoms with Gasteiger partial charge in [-0.3, -0.25) is 0 Å². The van der Waals surface area contributed by atoms with Gasteiger partial charge in [-0.2, -0.15) is 10.5 Å². The number of ether oxygens (including phenoxy) is 1. The fourth-order valence-electron chi connectivity index (χ4n) is 4.62. The number of nitrogens with two attached hydrogens (primary N) is 1. The van der Waals surface area contributed by atoms with Crippen molar-refractivity contribution in [1.82, 2.24) is 0 Å². The van der Waals surface area contributed by atoms with Crippen LogP contribution in [-0.4, -0.2) is 12.6 Å². The summed E-state index contributed by atoms with van der Waals surface area (Å²) in [5, 5.41) is 20.1. The second kappa shape index (κ2) is 7.90. The van der Waals surface area contributed by atoms with Gasteiger partial charge < -0.3 is 10.5 Å². The van der Waals surface area contributed by atoms with Crippen molar-refractivity contribution in [2.24, 2.45) is 17.1 Å². The summed E-state index contributed by atoms with van der Waals surface area (Å²) in [5.74, 6) is -0.760. The number of nitrogens with zero attached hydrogens (tertiary/aromatic N) is 2. The van der Waals surface area contributed by atoms with Gasteiger partial charge in [0.05, 0.1) is 23.9 Å². The molecule has 5 heteroatoms. The van der Waals surface area contributed by atoms with E-state index >= 15 is 0 Å². The first-order chi connectivity index (χ1) is 13.5. The Morgan fingerprint density at radius 2 is 2.00 bits per heavy atom. The molecule has 144 valence electrons. The summed E-state index contributed by atoms with van der Waals surface area (Å²) in [7, 11) is 0. The summed E-state index contributed by atoms with van der Waals surface area (Å²) < 4.78 is 5.32. The monoisotopic (exact) mass is 375 g/mol. The Kier molecular flexibility index (Phi) is 5.56. The summed E-state index contributed by atoms with van der Waals surface area (Å²) in [5.41, 5.74) is 7.75. The number of hydrogen-bond acceptors (Lipinski definition) is 5. The standard InChI is InChI=1S/C23H25N3O2/c1-3-15-10-11-17-18(12-15)20(16-8-6-5-7-9-16)23(14-25,22(27)28-4-2)21(26)19(17)13-24/h5-9,15,20H,3-4,10-12,26H2,1-2H3/t15-,20-,23-/m1/s1. The first kappa shape index (κ1) is 19.7. The second-order valence-corrected chi connectivity index (χ2v) is 7.41. The Hall–Kier alpha value is -3.05. The maximum atomic E-state index is 13.1. The van der Waals surface area contributed by atoms with Crippen molar-refractivity contribution < 1.29 is 9.53 Å². The van der Waals surface area contributed by atoms with Gasteiger partial charge in [-0.15, -0.1) is 0 Å². The lowest BCUT2D eigenvalue weighted by molar-refractivity contribution is -0.151. The van der Waals surface area contributed by atoms with Gasteiger partial charge in [-0.25, -0.2) is 4.79 Å². The van der Waals surface area contributed by atoms with Crippen LogP contribution in [0.1, 0.15) is 51.0 Å². The largest absolute Gasteiger partial charge is 0.464 e. The summed E-state index contributed by atoms with van der Waals surface area (Å²) in [6.07, 6.45) is 3.49. The predicted octanol–water partition coefficient (Wildman–Crippen LogP) is 4.10. The molecule has 5 nitrogen and oxygen atoms in total. The lowest BCUT2D eigenvalue weighted by atomic mass is 9.58. The van der Waals surface area contributed by atoms with E-state index in [4.69, 9.17) is 10.5 Å². The molecule has 0 amide bonds. The van der Waals surface area contributed by atoms with Crippen molar-refractivity contribution in [3.05, 3.63) is 58.3 Å². The van der Waals surface area contributed by atoms with Gasteiger partial charge in [-0.1, -0.05) is 49.2 Å². The van der Waals surface area contributed by atoms with E-state index in [1.807, 2.05) is 30.3 Å². The number of rotatable bonds is 4. The number of hydrogen-bond donors (Lipinski definition) is 1. The Labute approximate surface area is 166 Å². The van der Waals surface area contributed by atoms with Crippen molar-refractivity contribution in [1.29, 1.82) is 10.5 Å². The first-order valence-corrected chi connectivity index (χ1v) is 9.81. The van der Waals surface area contributed by atoms with Gasteiger partial charge in [-0.05, 0) is 43.2 Å². The van der Waals surface area contributed by atoms with Gasteiger partial charge in [0, 0.05) is 5.92 Å². The molecule has 0 aliphatic heterocycles. The van der Waals surface area contributed by atoms with Gasteiger partial charge >= 0.3 is 5.97 Å². The van der Waals surface area contributed by atoms with Gasteiger partial charge in [0.2, 0.25) is 5.41 Å². The molecule has 2 aliphatic rings. The number of allylic oxidation sites excluding steroid dienone is 3. The lowest BCUT2D eigenvalue weighted by Crippen LogP contribution is -2.46. The minimum atomic E-state index is -1.73. The van der Waals surface area contributed by atoms with Gasteiger partial charge in [0.1, 0.15) is 6.07 Å². The van der Waals surface area contributed by atoms with Crippen LogP contribution in [0.4, 0.5) is 0 Å². The van der Waals surface area contributed by atoms with Crippen LogP contribution in [-0.2, 0) is 9.53 Å². The Morgan fingerprint density at radius 1 is 1.29 bits per heavy atom. The van der Waals surface area contributed by atoms with E-state index in [0.717, 1.165) is 42.4 Å². The van der Waals surface area contributed by atoms with Crippen molar-refractivity contribution in [2.75, 3.05) is 6.61 Å². The van der Waals surface area contributed by atoms with E-state index in [1.54, 1.807) is 6.92 Å². The summed E-state index contributed by atoms with van der Waals surface area (Å²) in [6, 6.07) is 13.9. The maximum Gasteiger partial charge on any atom is 0.333 e. The lowest BCUT2D eigenvalue weighted by Gasteiger charge is -2.43. The van der Waals surface area contributed by atoms with Crippen molar-refractivity contribution >= 4 is 5.97 Å². The molecule has 0 radical (unpaired) electrons. The molecule has 0 fully saturated rings. The van der Waals surface area contributed by atoms with Crippen LogP contribution in [0.15, 0.2) is 52.7 Å². The zero-order chi connectivity index (χ0) is 20.3. The van der Waals surface area contributed by atoms with Crippen LogP contribution in [0.25, 0.3) is 0 Å². The number of esters is 1. The third kappa shape index (κ3) is 2.88. The van der Waals surface area contributed by atoms with Crippen LogP contribution in [0.2, 0.25) is 0 Å². The molecule has 3 atom stereocenters. The van der Waals surface area contributed by atoms with E-state index in [0.29, 0.717) is 5.92 Å². The molecule has 0 saturated heterocycles. The maximum absolute atomic E-state index is 13.1. The highest BCUT2D eigenvalue weighted by atomic mass is 16.5. The normalized spacial score (nSPS) is 26.9. The highest BCUT2D eigenvalue weighted by Crippen LogP contribution is 2.56. The molecule has 0 unspecified atom stereocenters. The Bertz CT molecular complexity index is 917. The number of carbonyl (C=O) groups excluding carboxylic acids is 1. The first-order valence-electron chi connectivity index (χ1n) is 9.81. The second-order valence-electron chi connectivity index (χ2n) is 7.41. The summed E-state index contributed by atoms with van der Waals surface area (Å²) >= 11 is 0. The Balaban J connectivity index is 2.33. The zero-order valence-corrected chi connectivity index (χ0v) is 16.4. The molecule has 0 heterocycles. The van der Waals surface area contributed by atoms with Crippen LogP contribution in [0.5, 0.6) is 0 Å². The molecule has 1 aromatic rings. The molecule has 2 N–H and O–H groups in total. The third-order valence-corrected chi connectivity index (χ3v) is 6.07. The van der Waals surface area contributed by atoms with E-state index < -0.39 is 17.3 Å². The fourth-order valence-corrected chi connectivity index (χ4v) is 4.62. The molecular formula is C23H25N3O2. The van der Waals surface area contributed by atoms with Crippen LogP contribution < -0.4 is 5.73 Å². The van der Waals surface area contributed by atoms with Gasteiger partial charge in [0.25, 0.3) is 0 Å². The van der Waals surface area contributed by atoms with E-state index in [-0.39, 0.29) is 17.9 Å². The van der Waals surface area contributed by atoms with Crippen LogP contribution in [0.3, 0.4) is 0 Å². The predicted molar refractivity (Wildman–Crippen MR) is 105 cm³/mol. The minimum absolute atomic E-state index is 0.0264. The molecular weight excluding hydrogens is 350 g/mol. The minimum Gasteiger partial charge on any atom is -0.464 e. The molecule has 1 aromatic carbocycles. The molecule has 0 aromatic heterocycles. The number of carbonyl (C=O) groups is 1. The Morgan fingerprint density at radius 3 is 2.57 bits per heavy atom. The molecule has 2 aliphatic carbocycles. The van der Waals surface area contributed by atoms with E-state index in [2.05, 4.69) is 19.1 Å². The quantitative estimate of drug-likeness (QED) is 0.799. The third-order valence-electron chi connectivity index (χ3n) is 6.07. The highest BCUT2D eigenvalue weighted by molar-refractivity contribution is 5.88. The van der Waals surface area contributed by atoms with E-state index in [1.165, 1.54) is 0 Å². The average Bonchev–Trinajstić information content (AvgIpc) is 2.73. The molecule has 0 spiro atoms. The molecule has 0 bridgehead atoms. The topological polar surface area (TPSA) is 99.9 Å². The van der Waals surface area contributed by atoms with E-state index in [9.17, 15) is 15.3 Å². The SMILES string of the molecule is CCOC(=O)[C@@]1(C#N)C(N)=C(C#N)C2=C(C[C@H](CC)CC2)[C@H]1c1ccccc1. The zero-order valence-electron chi connectivity index (χ0n) is 16.4. The molecule has 3 rings (SSSR count). The van der Waals surface area contributed by atoms with Gasteiger partial charge in [0.15, 0.2) is 0 Å². The molecule has 0 saturated carbocycles. The summed E-state index contributed by atoms with van der Waals surface area (Å²) in [4.78, 5) is 13.1. The van der Waals surface area contributed by atoms with Crippen LogP contribution >= 0.6 is 0 Å². The van der Waals surface area contributed by atoms with Crippen LogP contribution in [0, 0.1) is 34.0 Å². The van der Waals surface area contributed by atoms with Crippen molar-refractivity contribution in [3.63, 3.8) is 0 Å². The summed E-state index contributed by atoms with van der Waals surface area (Å²) in [6.45, 7) is 3.99. The number of benzene rings is 1. The van der Waals surface area contributed by atoms with Crippen molar-refractivity contribution in [3.8, 4) is 12.1 Å². The molecule has 28 heavy (non-hydrogen) atoms. The smallest absolute Gasteiger partial charge is 0.333 e. The number of nitriles is 2.